The van der Waals surface area contributed by atoms with E-state index in [9.17, 15) is 9.90 Å². The number of ether oxygens (including phenoxy) is 1. The number of nitrogens with one attached hydrogen (secondary N) is 1. The number of hydrogen-bond acceptors (Lipinski definition) is 4. The second-order valence-electron chi connectivity index (χ2n) is 5.92. The standard InChI is InChI=1S/C19H22N2O3/c1-13(2)12-24-18-9-7-15(8-10-18)19(23)21-20-14(3)16-5-4-6-17(22)11-16/h4-11,13,22H,12H2,1-3H3,(H,21,23)/b20-14-. The normalized spacial score (nSPS) is 11.4. The molecular formula is C19H22N2O3. The first-order valence-electron chi connectivity index (χ1n) is 7.82. The van der Waals surface area contributed by atoms with Gasteiger partial charge in [-0.2, -0.15) is 5.10 Å². The van der Waals surface area contributed by atoms with Gasteiger partial charge in [-0.15, -0.1) is 0 Å². The maximum atomic E-state index is 12.1. The second-order valence-corrected chi connectivity index (χ2v) is 5.92. The van der Waals surface area contributed by atoms with Gasteiger partial charge in [0.05, 0.1) is 12.3 Å². The molecule has 1 amide bonds. The van der Waals surface area contributed by atoms with Crippen molar-refractivity contribution in [1.29, 1.82) is 0 Å². The van der Waals surface area contributed by atoms with E-state index in [2.05, 4.69) is 24.4 Å². The highest BCUT2D eigenvalue weighted by Crippen LogP contribution is 2.14. The molecule has 2 N–H and O–H groups in total. The highest BCUT2D eigenvalue weighted by molar-refractivity contribution is 6.01. The van der Waals surface area contributed by atoms with Crippen molar-refractivity contribution < 1.29 is 14.6 Å². The Morgan fingerprint density at radius 2 is 1.88 bits per heavy atom. The Bertz CT molecular complexity index is 722. The Hall–Kier alpha value is -2.82. The van der Waals surface area contributed by atoms with Gasteiger partial charge in [0.15, 0.2) is 0 Å². The lowest BCUT2D eigenvalue weighted by Gasteiger charge is -2.09. The summed E-state index contributed by atoms with van der Waals surface area (Å²) in [5.41, 5.74) is 4.36. The molecule has 0 aliphatic carbocycles. The molecule has 24 heavy (non-hydrogen) atoms. The van der Waals surface area contributed by atoms with E-state index in [0.29, 0.717) is 23.8 Å². The van der Waals surface area contributed by atoms with Crippen molar-refractivity contribution in [3.63, 3.8) is 0 Å². The second kappa shape index (κ2) is 8.15. The van der Waals surface area contributed by atoms with E-state index in [4.69, 9.17) is 4.74 Å². The summed E-state index contributed by atoms with van der Waals surface area (Å²) in [6.07, 6.45) is 0. The lowest BCUT2D eigenvalue weighted by molar-refractivity contribution is 0.0955. The molecule has 0 aliphatic heterocycles. The molecule has 2 rings (SSSR count). The zero-order valence-corrected chi connectivity index (χ0v) is 14.1. The monoisotopic (exact) mass is 326 g/mol. The Labute approximate surface area is 142 Å². The largest absolute Gasteiger partial charge is 0.508 e. The van der Waals surface area contributed by atoms with E-state index in [0.717, 1.165) is 11.3 Å². The van der Waals surface area contributed by atoms with Gasteiger partial charge in [-0.3, -0.25) is 4.79 Å². The van der Waals surface area contributed by atoms with Crippen molar-refractivity contribution in [3.05, 3.63) is 59.7 Å². The third-order valence-electron chi connectivity index (χ3n) is 3.29. The summed E-state index contributed by atoms with van der Waals surface area (Å²) < 4.78 is 5.59. The Morgan fingerprint density at radius 3 is 2.50 bits per heavy atom. The first kappa shape index (κ1) is 17.5. The molecule has 2 aromatic carbocycles. The van der Waals surface area contributed by atoms with Gasteiger partial charge in [0.1, 0.15) is 11.5 Å². The number of carbonyl (C=O) groups excluding carboxylic acids is 1. The van der Waals surface area contributed by atoms with Gasteiger partial charge in [0.2, 0.25) is 0 Å². The summed E-state index contributed by atoms with van der Waals surface area (Å²) >= 11 is 0. The predicted molar refractivity (Wildman–Crippen MR) is 94.6 cm³/mol. The minimum absolute atomic E-state index is 0.158. The Balaban J connectivity index is 1.98. The van der Waals surface area contributed by atoms with Crippen LogP contribution < -0.4 is 10.2 Å². The molecule has 5 heteroatoms. The maximum Gasteiger partial charge on any atom is 0.271 e. The fourth-order valence-electron chi connectivity index (χ4n) is 1.96. The van der Waals surface area contributed by atoms with Crippen molar-refractivity contribution in [2.45, 2.75) is 20.8 Å². The van der Waals surface area contributed by atoms with Crippen molar-refractivity contribution in [3.8, 4) is 11.5 Å². The van der Waals surface area contributed by atoms with Crippen molar-refractivity contribution in [2.24, 2.45) is 11.0 Å². The highest BCUT2D eigenvalue weighted by atomic mass is 16.5. The van der Waals surface area contributed by atoms with Gasteiger partial charge < -0.3 is 9.84 Å². The molecule has 0 radical (unpaired) electrons. The SMILES string of the molecule is C/C(=N/NC(=O)c1ccc(OCC(C)C)cc1)c1cccc(O)c1. The molecule has 0 aromatic heterocycles. The van der Waals surface area contributed by atoms with Gasteiger partial charge in [-0.25, -0.2) is 5.43 Å². The van der Waals surface area contributed by atoms with Gasteiger partial charge in [-0.1, -0.05) is 26.0 Å². The van der Waals surface area contributed by atoms with Crippen LogP contribution >= 0.6 is 0 Å². The summed E-state index contributed by atoms with van der Waals surface area (Å²) in [6, 6.07) is 13.6. The van der Waals surface area contributed by atoms with E-state index in [-0.39, 0.29) is 11.7 Å². The summed E-state index contributed by atoms with van der Waals surface area (Å²) in [5.74, 6) is 1.04. The van der Waals surface area contributed by atoms with Crippen molar-refractivity contribution in [1.82, 2.24) is 5.43 Å². The van der Waals surface area contributed by atoms with E-state index >= 15 is 0 Å². The smallest absolute Gasteiger partial charge is 0.271 e. The molecule has 0 unspecified atom stereocenters. The van der Waals surface area contributed by atoms with Crippen LogP contribution in [-0.2, 0) is 0 Å². The molecule has 0 spiro atoms. The predicted octanol–water partition coefficient (Wildman–Crippen LogP) is 3.58. The quantitative estimate of drug-likeness (QED) is 0.629. The Morgan fingerprint density at radius 1 is 1.17 bits per heavy atom. The number of carbonyl (C=O) groups is 1. The molecule has 0 atom stereocenters. The van der Waals surface area contributed by atoms with Crippen LogP contribution in [-0.4, -0.2) is 23.3 Å². The van der Waals surface area contributed by atoms with E-state index < -0.39 is 0 Å². The third kappa shape index (κ3) is 5.12. The zero-order chi connectivity index (χ0) is 17.5. The van der Waals surface area contributed by atoms with Crippen LogP contribution in [0.2, 0.25) is 0 Å². The number of rotatable bonds is 6. The average Bonchev–Trinajstić information content (AvgIpc) is 2.58. The Kier molecular flexibility index (Phi) is 5.95. The van der Waals surface area contributed by atoms with Crippen molar-refractivity contribution >= 4 is 11.6 Å². The van der Waals surface area contributed by atoms with Crippen molar-refractivity contribution in [2.75, 3.05) is 6.61 Å². The molecular weight excluding hydrogens is 304 g/mol. The number of amides is 1. The van der Waals surface area contributed by atoms with Crippen LogP contribution in [0.25, 0.3) is 0 Å². The minimum Gasteiger partial charge on any atom is -0.508 e. The molecule has 0 heterocycles. The van der Waals surface area contributed by atoms with E-state index in [1.54, 1.807) is 49.4 Å². The number of aromatic hydroxyl groups is 1. The fourth-order valence-corrected chi connectivity index (χ4v) is 1.96. The number of hydrazone groups is 1. The minimum atomic E-state index is -0.301. The fraction of sp³-hybridized carbons (Fsp3) is 0.263. The first-order chi connectivity index (χ1) is 11.5. The highest BCUT2D eigenvalue weighted by Gasteiger charge is 2.06. The molecule has 0 saturated carbocycles. The topological polar surface area (TPSA) is 70.9 Å². The van der Waals surface area contributed by atoms with Crippen LogP contribution in [0.1, 0.15) is 36.7 Å². The van der Waals surface area contributed by atoms with Gasteiger partial charge in [0, 0.05) is 11.1 Å². The summed E-state index contributed by atoms with van der Waals surface area (Å²) in [7, 11) is 0. The molecule has 0 aliphatic rings. The van der Waals surface area contributed by atoms with Crippen LogP contribution in [0, 0.1) is 5.92 Å². The van der Waals surface area contributed by atoms with Crippen LogP contribution in [0.4, 0.5) is 0 Å². The number of benzene rings is 2. The molecule has 0 saturated heterocycles. The van der Waals surface area contributed by atoms with E-state index in [1.165, 1.54) is 0 Å². The van der Waals surface area contributed by atoms with Gasteiger partial charge in [0.25, 0.3) is 5.91 Å². The number of hydrogen-bond donors (Lipinski definition) is 2. The maximum absolute atomic E-state index is 12.1. The summed E-state index contributed by atoms with van der Waals surface area (Å²) in [6.45, 7) is 6.56. The molecule has 0 fully saturated rings. The number of phenols is 1. The van der Waals surface area contributed by atoms with Crippen LogP contribution in [0.5, 0.6) is 11.5 Å². The van der Waals surface area contributed by atoms with Crippen LogP contribution in [0.15, 0.2) is 53.6 Å². The van der Waals surface area contributed by atoms with E-state index in [1.807, 2.05) is 6.07 Å². The third-order valence-corrected chi connectivity index (χ3v) is 3.29. The summed E-state index contributed by atoms with van der Waals surface area (Å²) in [4.78, 5) is 12.1. The van der Waals surface area contributed by atoms with Crippen LogP contribution in [0.3, 0.4) is 0 Å². The molecule has 0 bridgehead atoms. The lowest BCUT2D eigenvalue weighted by atomic mass is 10.1. The summed E-state index contributed by atoms with van der Waals surface area (Å²) in [5, 5.41) is 13.5. The van der Waals surface area contributed by atoms with Gasteiger partial charge >= 0.3 is 0 Å². The number of nitrogens with zero attached hydrogens (tertiary/aromatic N) is 1. The molecule has 2 aromatic rings. The number of phenolic OH excluding ortho intramolecular Hbond substituents is 1. The zero-order valence-electron chi connectivity index (χ0n) is 14.1. The lowest BCUT2D eigenvalue weighted by Crippen LogP contribution is -2.19. The first-order valence-corrected chi connectivity index (χ1v) is 7.82. The average molecular weight is 326 g/mol. The van der Waals surface area contributed by atoms with Gasteiger partial charge in [-0.05, 0) is 49.2 Å². The molecule has 5 nitrogen and oxygen atoms in total. The molecule has 126 valence electrons.